The number of hydrogen-bond donors (Lipinski definition) is 0. The van der Waals surface area contributed by atoms with Gasteiger partial charge >= 0.3 is 0 Å². The monoisotopic (exact) mass is 344 g/mol. The lowest BCUT2D eigenvalue weighted by Gasteiger charge is -2.26. The zero-order valence-corrected chi connectivity index (χ0v) is 15.2. The van der Waals surface area contributed by atoms with Crippen LogP contribution in [0.15, 0.2) is 59.1 Å². The summed E-state index contributed by atoms with van der Waals surface area (Å²) in [6.45, 7) is 6.56. The topological polar surface area (TPSA) is 32.5 Å². The highest BCUT2D eigenvalue weighted by molar-refractivity contribution is 6.09. The zero-order chi connectivity index (χ0) is 18.8. The maximum Gasteiger partial charge on any atom is 0.227 e. The molecular formula is C22H21N3O. The van der Waals surface area contributed by atoms with Crippen LogP contribution in [0.1, 0.15) is 20.8 Å². The number of rotatable bonds is 2. The number of benzene rings is 2. The average Bonchev–Trinajstić information content (AvgIpc) is 3.20. The molecule has 4 nitrogen and oxygen atoms in total. The molecule has 3 heterocycles. The maximum atomic E-state index is 8.58. The molecule has 1 aliphatic rings. The molecule has 130 valence electrons. The van der Waals surface area contributed by atoms with Crippen molar-refractivity contribution >= 4 is 39.1 Å². The Morgan fingerprint density at radius 3 is 2.65 bits per heavy atom. The van der Waals surface area contributed by atoms with Gasteiger partial charge in [-0.15, -0.1) is 0 Å². The second-order valence-electron chi connectivity index (χ2n) is 7.00. The van der Waals surface area contributed by atoms with Crippen molar-refractivity contribution in [2.75, 3.05) is 16.5 Å². The number of aromatic nitrogens is 1. The number of nitrogens with zero attached hydrogens (tertiary/aromatic N) is 3. The molecule has 0 saturated heterocycles. The first-order chi connectivity index (χ1) is 12.9. The van der Waals surface area contributed by atoms with Gasteiger partial charge in [-0.2, -0.15) is 0 Å². The molecule has 0 fully saturated rings. The molecule has 5 rings (SSSR count). The van der Waals surface area contributed by atoms with Gasteiger partial charge in [-0.25, -0.2) is 4.98 Å². The molecule has 0 unspecified atom stereocenters. The Balaban J connectivity index is 1.78. The number of furan rings is 1. The number of pyridine rings is 1. The van der Waals surface area contributed by atoms with E-state index in [1.54, 1.807) is 6.20 Å². The number of fused-ring (bicyclic) bond motifs is 4. The van der Waals surface area contributed by atoms with Gasteiger partial charge in [0.15, 0.2) is 5.58 Å². The molecular weight excluding hydrogens is 322 g/mol. The molecule has 0 atom stereocenters. The number of para-hydroxylation sites is 2. The number of anilines is 3. The van der Waals surface area contributed by atoms with E-state index < -0.39 is 6.02 Å². The first-order valence-corrected chi connectivity index (χ1v) is 8.86. The fraction of sp³-hybridized carbons (Fsp3) is 0.227. The van der Waals surface area contributed by atoms with Crippen molar-refractivity contribution in [3.63, 3.8) is 0 Å². The van der Waals surface area contributed by atoms with Gasteiger partial charge in [0, 0.05) is 23.0 Å². The van der Waals surface area contributed by atoms with E-state index in [9.17, 15) is 0 Å². The molecule has 0 bridgehead atoms. The van der Waals surface area contributed by atoms with Crippen LogP contribution in [0.25, 0.3) is 22.1 Å². The van der Waals surface area contributed by atoms with E-state index in [1.807, 2.05) is 38.1 Å². The van der Waals surface area contributed by atoms with Crippen molar-refractivity contribution in [2.45, 2.75) is 26.8 Å². The van der Waals surface area contributed by atoms with Crippen LogP contribution in [0.5, 0.6) is 0 Å². The van der Waals surface area contributed by atoms with Crippen molar-refractivity contribution in [2.24, 2.45) is 0 Å². The van der Waals surface area contributed by atoms with Gasteiger partial charge < -0.3 is 14.2 Å². The molecule has 0 saturated carbocycles. The lowest BCUT2D eigenvalue weighted by atomic mass is 10.1. The fourth-order valence-corrected chi connectivity index (χ4v) is 3.88. The Morgan fingerprint density at radius 2 is 1.85 bits per heavy atom. The summed E-state index contributed by atoms with van der Waals surface area (Å²) < 4.78 is 14.8. The Labute approximate surface area is 154 Å². The normalized spacial score (nSPS) is 15.0. The van der Waals surface area contributed by atoms with Crippen LogP contribution in [-0.2, 0) is 0 Å². The van der Waals surface area contributed by atoms with Gasteiger partial charge in [0.25, 0.3) is 0 Å². The number of aryl methyl sites for hydroxylation is 1. The Kier molecular flexibility index (Phi) is 3.00. The van der Waals surface area contributed by atoms with E-state index in [0.717, 1.165) is 39.0 Å². The largest absolute Gasteiger partial charge is 0.435 e. The second-order valence-corrected chi connectivity index (χ2v) is 7.00. The molecule has 0 amide bonds. The summed E-state index contributed by atoms with van der Waals surface area (Å²) in [6.07, 6.45) is 1.76. The predicted octanol–water partition coefficient (Wildman–Crippen LogP) is 5.61. The minimum absolute atomic E-state index is 0.611. The average molecular weight is 344 g/mol. The van der Waals surface area contributed by atoms with Gasteiger partial charge in [0.2, 0.25) is 5.71 Å². The summed E-state index contributed by atoms with van der Waals surface area (Å²) in [7, 11) is 0. The van der Waals surface area contributed by atoms with Gasteiger partial charge in [-0.3, -0.25) is 0 Å². The summed E-state index contributed by atoms with van der Waals surface area (Å²) in [4.78, 5) is 8.76. The SMILES string of the molecule is [2H]C(C)(C)N1CN(c2c(C)ccc3c2oc2ncccc23)c2ccccc21. The van der Waals surface area contributed by atoms with Crippen LogP contribution in [0, 0.1) is 6.92 Å². The quantitative estimate of drug-likeness (QED) is 0.473. The lowest BCUT2D eigenvalue weighted by molar-refractivity contribution is 0.651. The standard InChI is InChI=1S/C22H21N3O/c1-14(2)24-13-25(19-9-5-4-8-18(19)24)20-15(3)10-11-16-17-7-6-12-23-22(17)26-21(16)20/h4-12,14H,13H2,1-3H3/i14D. The molecule has 2 aromatic heterocycles. The van der Waals surface area contributed by atoms with E-state index >= 15 is 0 Å². The van der Waals surface area contributed by atoms with E-state index in [2.05, 4.69) is 46.0 Å². The highest BCUT2D eigenvalue weighted by Gasteiger charge is 2.31. The van der Waals surface area contributed by atoms with E-state index in [-0.39, 0.29) is 0 Å². The van der Waals surface area contributed by atoms with Crippen LogP contribution in [0.4, 0.5) is 17.1 Å². The highest BCUT2D eigenvalue weighted by atomic mass is 16.3. The van der Waals surface area contributed by atoms with Gasteiger partial charge in [-0.05, 0) is 50.6 Å². The van der Waals surface area contributed by atoms with Gasteiger partial charge in [0.05, 0.1) is 25.1 Å². The van der Waals surface area contributed by atoms with Gasteiger partial charge in [-0.1, -0.05) is 24.3 Å². The third-order valence-corrected chi connectivity index (χ3v) is 5.15. The van der Waals surface area contributed by atoms with Crippen molar-refractivity contribution < 1.29 is 5.79 Å². The molecule has 26 heavy (non-hydrogen) atoms. The van der Waals surface area contributed by atoms with Crippen molar-refractivity contribution in [1.29, 1.82) is 0 Å². The van der Waals surface area contributed by atoms with Crippen LogP contribution in [-0.4, -0.2) is 17.7 Å². The van der Waals surface area contributed by atoms with E-state index in [1.165, 1.54) is 0 Å². The van der Waals surface area contributed by atoms with E-state index in [0.29, 0.717) is 12.4 Å². The molecule has 0 radical (unpaired) electrons. The minimum atomic E-state index is -0.720. The summed E-state index contributed by atoms with van der Waals surface area (Å²) in [5.41, 5.74) is 5.86. The molecule has 4 heteroatoms. The van der Waals surface area contributed by atoms with E-state index in [4.69, 9.17) is 5.79 Å². The first kappa shape index (κ1) is 14.2. The minimum Gasteiger partial charge on any atom is -0.435 e. The second kappa shape index (κ2) is 5.49. The Morgan fingerprint density at radius 1 is 1.04 bits per heavy atom. The molecule has 4 aromatic rings. The Bertz CT molecular complexity index is 1180. The maximum absolute atomic E-state index is 8.58. The Hall–Kier alpha value is -3.01. The molecule has 1 aliphatic heterocycles. The van der Waals surface area contributed by atoms with Crippen molar-refractivity contribution in [3.8, 4) is 0 Å². The van der Waals surface area contributed by atoms with Gasteiger partial charge in [0.1, 0.15) is 0 Å². The summed E-state index contributed by atoms with van der Waals surface area (Å²) in [5.74, 6) is 0. The smallest absolute Gasteiger partial charge is 0.227 e. The summed E-state index contributed by atoms with van der Waals surface area (Å²) in [5, 5.41) is 2.10. The molecule has 2 aromatic carbocycles. The number of hydrogen-bond acceptors (Lipinski definition) is 4. The fourth-order valence-electron chi connectivity index (χ4n) is 3.88. The molecule has 0 spiro atoms. The van der Waals surface area contributed by atoms with Crippen molar-refractivity contribution in [1.82, 2.24) is 4.98 Å². The zero-order valence-electron chi connectivity index (χ0n) is 16.2. The predicted molar refractivity (Wildman–Crippen MR) is 107 cm³/mol. The molecule has 0 aliphatic carbocycles. The summed E-state index contributed by atoms with van der Waals surface area (Å²) >= 11 is 0. The van der Waals surface area contributed by atoms with Crippen LogP contribution < -0.4 is 9.80 Å². The van der Waals surface area contributed by atoms with Crippen molar-refractivity contribution in [3.05, 3.63) is 60.3 Å². The summed E-state index contributed by atoms with van der Waals surface area (Å²) in [6, 6.07) is 15.8. The highest BCUT2D eigenvalue weighted by Crippen LogP contribution is 2.46. The van der Waals surface area contributed by atoms with Crippen LogP contribution in [0.3, 0.4) is 0 Å². The van der Waals surface area contributed by atoms with Crippen LogP contribution in [0.2, 0.25) is 0 Å². The molecule has 0 N–H and O–H groups in total. The third-order valence-electron chi connectivity index (χ3n) is 5.15. The lowest BCUT2D eigenvalue weighted by Crippen LogP contribution is -2.33. The van der Waals surface area contributed by atoms with Crippen LogP contribution >= 0.6 is 0 Å². The third kappa shape index (κ3) is 2.05. The first-order valence-electron chi connectivity index (χ1n) is 9.36.